The van der Waals surface area contributed by atoms with Crippen LogP contribution in [0.15, 0.2) is 27.8 Å². The first kappa shape index (κ1) is 21.8. The first-order valence-electron chi connectivity index (χ1n) is 10.5. The molecule has 0 aromatic carbocycles. The van der Waals surface area contributed by atoms with Gasteiger partial charge in [0.25, 0.3) is 0 Å². The molecule has 2 rings (SSSR count). The summed E-state index contributed by atoms with van der Waals surface area (Å²) in [6.07, 6.45) is 5.32. The molecule has 1 fully saturated rings. The summed E-state index contributed by atoms with van der Waals surface area (Å²) in [5.41, 5.74) is 0. The zero-order valence-electron chi connectivity index (χ0n) is 17.6. The highest BCUT2D eigenvalue weighted by atomic mass is 16.5. The number of hydrogen-bond acceptors (Lipinski definition) is 4. The molecule has 1 saturated heterocycles. The lowest BCUT2D eigenvalue weighted by atomic mass is 9.96. The van der Waals surface area contributed by atoms with Crippen LogP contribution in [0.4, 0.5) is 0 Å². The third-order valence-corrected chi connectivity index (χ3v) is 5.45. The number of rotatable bonds is 10. The van der Waals surface area contributed by atoms with E-state index < -0.39 is 0 Å². The second-order valence-electron chi connectivity index (χ2n) is 7.21. The van der Waals surface area contributed by atoms with Crippen LogP contribution in [-0.2, 0) is 4.74 Å². The van der Waals surface area contributed by atoms with Gasteiger partial charge in [0.15, 0.2) is 5.96 Å². The fourth-order valence-electron chi connectivity index (χ4n) is 3.69. The summed E-state index contributed by atoms with van der Waals surface area (Å²) in [5.74, 6) is 2.74. The molecule has 0 spiro atoms. The number of furan rings is 1. The Bertz CT molecular complexity index is 522. The van der Waals surface area contributed by atoms with Gasteiger partial charge in [-0.1, -0.05) is 13.8 Å². The molecule has 154 valence electrons. The summed E-state index contributed by atoms with van der Waals surface area (Å²) in [5, 5.41) is 3.45. The van der Waals surface area contributed by atoms with Crippen LogP contribution in [0.5, 0.6) is 0 Å². The minimum atomic E-state index is 0.174. The zero-order valence-corrected chi connectivity index (χ0v) is 17.6. The molecule has 0 radical (unpaired) electrons. The van der Waals surface area contributed by atoms with E-state index in [9.17, 15) is 0 Å². The van der Waals surface area contributed by atoms with Gasteiger partial charge in [-0.05, 0) is 57.3 Å². The van der Waals surface area contributed by atoms with E-state index in [0.29, 0.717) is 6.54 Å². The van der Waals surface area contributed by atoms with Gasteiger partial charge in [0.1, 0.15) is 5.76 Å². The Labute approximate surface area is 165 Å². The summed E-state index contributed by atoms with van der Waals surface area (Å²) in [6, 6.07) is 4.19. The summed E-state index contributed by atoms with van der Waals surface area (Å²) >= 11 is 0. The van der Waals surface area contributed by atoms with Crippen LogP contribution in [0.1, 0.15) is 51.8 Å². The van der Waals surface area contributed by atoms with E-state index in [1.165, 1.54) is 19.3 Å². The highest BCUT2D eigenvalue weighted by Gasteiger charge is 2.21. The van der Waals surface area contributed by atoms with Crippen LogP contribution in [-0.4, -0.2) is 68.7 Å². The van der Waals surface area contributed by atoms with Crippen LogP contribution < -0.4 is 5.32 Å². The number of hydrogen-bond donors (Lipinski definition) is 1. The highest BCUT2D eigenvalue weighted by molar-refractivity contribution is 5.79. The maximum atomic E-state index is 5.70. The van der Waals surface area contributed by atoms with Crippen molar-refractivity contribution in [3.05, 3.63) is 24.2 Å². The fraction of sp³-hybridized carbons (Fsp3) is 0.762. The quantitative estimate of drug-likeness (QED) is 0.500. The molecule has 1 aromatic heterocycles. The average Bonchev–Trinajstić information content (AvgIpc) is 3.23. The maximum absolute atomic E-state index is 5.70. The molecule has 27 heavy (non-hydrogen) atoms. The third kappa shape index (κ3) is 6.85. The van der Waals surface area contributed by atoms with Crippen LogP contribution >= 0.6 is 0 Å². The van der Waals surface area contributed by atoms with Crippen molar-refractivity contribution in [1.29, 1.82) is 0 Å². The normalized spacial score (nSPS) is 17.3. The fourth-order valence-corrected chi connectivity index (χ4v) is 3.69. The summed E-state index contributed by atoms with van der Waals surface area (Å²) in [4.78, 5) is 9.62. The Balaban J connectivity index is 2.00. The van der Waals surface area contributed by atoms with Gasteiger partial charge in [0.2, 0.25) is 0 Å². The molecule has 6 heteroatoms. The molecule has 1 aliphatic heterocycles. The van der Waals surface area contributed by atoms with E-state index in [4.69, 9.17) is 14.1 Å². The predicted molar refractivity (Wildman–Crippen MR) is 111 cm³/mol. The smallest absolute Gasteiger partial charge is 0.193 e. The van der Waals surface area contributed by atoms with Crippen LogP contribution in [0, 0.1) is 5.92 Å². The molecule has 1 atom stereocenters. The van der Waals surface area contributed by atoms with E-state index in [1.807, 2.05) is 6.07 Å². The van der Waals surface area contributed by atoms with Gasteiger partial charge in [-0.25, -0.2) is 0 Å². The monoisotopic (exact) mass is 378 g/mol. The van der Waals surface area contributed by atoms with Crippen molar-refractivity contribution in [2.24, 2.45) is 10.9 Å². The zero-order chi connectivity index (χ0) is 19.5. The summed E-state index contributed by atoms with van der Waals surface area (Å²) < 4.78 is 11.2. The number of nitrogens with zero attached hydrogens (tertiary/aromatic N) is 3. The molecule has 1 N–H and O–H groups in total. The molecule has 0 saturated carbocycles. The number of guanidine groups is 1. The van der Waals surface area contributed by atoms with Gasteiger partial charge in [-0.15, -0.1) is 0 Å². The van der Waals surface area contributed by atoms with Crippen molar-refractivity contribution >= 4 is 5.96 Å². The standard InChI is InChI=1S/C21H38N4O2/c1-5-22-21(24(4)13-10-18-11-15-26-16-12-18)23-17-19(25(6-2)7-3)20-9-8-14-27-20/h8-9,14,18-19H,5-7,10-13,15-17H2,1-4H3,(H,22,23). The SMILES string of the molecule is CCNC(=NCC(c1ccco1)N(CC)CC)N(C)CCC1CCOCC1. The van der Waals surface area contributed by atoms with Gasteiger partial charge in [0.05, 0.1) is 18.8 Å². The lowest BCUT2D eigenvalue weighted by molar-refractivity contribution is 0.0625. The maximum Gasteiger partial charge on any atom is 0.193 e. The Morgan fingerprint density at radius 1 is 1.26 bits per heavy atom. The van der Waals surface area contributed by atoms with E-state index in [0.717, 1.165) is 57.0 Å². The van der Waals surface area contributed by atoms with Gasteiger partial charge >= 0.3 is 0 Å². The molecular weight excluding hydrogens is 340 g/mol. The molecule has 0 amide bonds. The van der Waals surface area contributed by atoms with Crippen molar-refractivity contribution in [2.45, 2.75) is 46.1 Å². The largest absolute Gasteiger partial charge is 0.468 e. The number of likely N-dealkylation sites (N-methyl/N-ethyl adjacent to an activating group) is 1. The number of ether oxygens (including phenoxy) is 1. The van der Waals surface area contributed by atoms with Crippen molar-refractivity contribution in [1.82, 2.24) is 15.1 Å². The van der Waals surface area contributed by atoms with Crippen LogP contribution in [0.3, 0.4) is 0 Å². The number of aliphatic imine (C=N–C) groups is 1. The minimum Gasteiger partial charge on any atom is -0.468 e. The predicted octanol–water partition coefficient (Wildman–Crippen LogP) is 3.38. The van der Waals surface area contributed by atoms with Crippen LogP contribution in [0.2, 0.25) is 0 Å². The van der Waals surface area contributed by atoms with Crippen molar-refractivity contribution in [3.8, 4) is 0 Å². The minimum absolute atomic E-state index is 0.174. The van der Waals surface area contributed by atoms with Gasteiger partial charge in [-0.2, -0.15) is 0 Å². The third-order valence-electron chi connectivity index (χ3n) is 5.45. The molecule has 0 aliphatic carbocycles. The molecule has 0 bridgehead atoms. The average molecular weight is 379 g/mol. The van der Waals surface area contributed by atoms with Crippen molar-refractivity contribution in [3.63, 3.8) is 0 Å². The molecular formula is C21H38N4O2. The lowest BCUT2D eigenvalue weighted by Crippen LogP contribution is -2.41. The summed E-state index contributed by atoms with van der Waals surface area (Å²) in [7, 11) is 2.14. The Morgan fingerprint density at radius 2 is 2.00 bits per heavy atom. The molecule has 1 aromatic rings. The van der Waals surface area contributed by atoms with Gasteiger partial charge in [-0.3, -0.25) is 9.89 Å². The lowest BCUT2D eigenvalue weighted by Gasteiger charge is -2.29. The Kier molecular flexibility index (Phi) is 9.70. The van der Waals surface area contributed by atoms with E-state index >= 15 is 0 Å². The molecule has 1 aliphatic rings. The highest BCUT2D eigenvalue weighted by Crippen LogP contribution is 2.22. The summed E-state index contributed by atoms with van der Waals surface area (Å²) in [6.45, 7) is 12.9. The van der Waals surface area contributed by atoms with Crippen LogP contribution in [0.25, 0.3) is 0 Å². The van der Waals surface area contributed by atoms with Gasteiger partial charge in [0, 0.05) is 33.4 Å². The van der Waals surface area contributed by atoms with E-state index in [1.54, 1.807) is 6.26 Å². The van der Waals surface area contributed by atoms with E-state index in [2.05, 4.69) is 49.0 Å². The Morgan fingerprint density at radius 3 is 2.59 bits per heavy atom. The second kappa shape index (κ2) is 12.0. The Hall–Kier alpha value is -1.53. The van der Waals surface area contributed by atoms with Crippen molar-refractivity contribution < 1.29 is 9.15 Å². The first-order chi connectivity index (χ1) is 13.2. The second-order valence-corrected chi connectivity index (χ2v) is 7.21. The number of nitrogens with one attached hydrogen (secondary N) is 1. The van der Waals surface area contributed by atoms with Gasteiger partial charge < -0.3 is 19.4 Å². The topological polar surface area (TPSA) is 53.2 Å². The van der Waals surface area contributed by atoms with E-state index in [-0.39, 0.29) is 6.04 Å². The molecule has 1 unspecified atom stereocenters. The molecule has 6 nitrogen and oxygen atoms in total. The molecule has 2 heterocycles. The van der Waals surface area contributed by atoms with Crippen molar-refractivity contribution in [2.75, 3.05) is 53.0 Å². The first-order valence-corrected chi connectivity index (χ1v) is 10.5.